The second-order valence-corrected chi connectivity index (χ2v) is 5.57. The molecule has 0 radical (unpaired) electrons. The molecule has 3 heteroatoms. The predicted octanol–water partition coefficient (Wildman–Crippen LogP) is 3.61. The number of para-hydroxylation sites is 1. The Hall–Kier alpha value is -1.06. The zero-order valence-corrected chi connectivity index (χ0v) is 13.6. The van der Waals surface area contributed by atoms with Crippen LogP contribution in [-0.2, 0) is 11.3 Å². The summed E-state index contributed by atoms with van der Waals surface area (Å²) >= 11 is 0. The molecule has 1 rings (SSSR count). The van der Waals surface area contributed by atoms with Gasteiger partial charge >= 0.3 is 0 Å². The van der Waals surface area contributed by atoms with Crippen LogP contribution in [0.15, 0.2) is 24.3 Å². The second kappa shape index (κ2) is 8.98. The quantitative estimate of drug-likeness (QED) is 0.747. The van der Waals surface area contributed by atoms with Crippen LogP contribution in [-0.4, -0.2) is 37.7 Å². The van der Waals surface area contributed by atoms with Crippen molar-refractivity contribution >= 4 is 5.69 Å². The lowest BCUT2D eigenvalue weighted by Gasteiger charge is -2.26. The summed E-state index contributed by atoms with van der Waals surface area (Å²) in [6.07, 6.45) is 0. The number of methoxy groups -OCH3 is 1. The van der Waals surface area contributed by atoms with Crippen LogP contribution in [0.5, 0.6) is 0 Å². The summed E-state index contributed by atoms with van der Waals surface area (Å²) in [6.45, 7) is 12.8. The molecule has 3 nitrogen and oxygen atoms in total. The SMILES string of the molecule is CCN(CC)Cc1ccccc1NC(COC)C(C)C. The number of hydrogen-bond acceptors (Lipinski definition) is 3. The summed E-state index contributed by atoms with van der Waals surface area (Å²) in [7, 11) is 1.76. The van der Waals surface area contributed by atoms with Crippen molar-refractivity contribution < 1.29 is 4.74 Å². The molecule has 0 aliphatic rings. The molecule has 1 unspecified atom stereocenters. The fourth-order valence-electron chi connectivity index (χ4n) is 2.27. The van der Waals surface area contributed by atoms with Gasteiger partial charge in [-0.25, -0.2) is 0 Å². The van der Waals surface area contributed by atoms with Gasteiger partial charge in [0.15, 0.2) is 0 Å². The molecule has 0 saturated heterocycles. The van der Waals surface area contributed by atoms with Gasteiger partial charge in [0.1, 0.15) is 0 Å². The van der Waals surface area contributed by atoms with Gasteiger partial charge in [-0.15, -0.1) is 0 Å². The van der Waals surface area contributed by atoms with E-state index < -0.39 is 0 Å². The number of nitrogens with zero attached hydrogens (tertiary/aromatic N) is 1. The lowest BCUT2D eigenvalue weighted by molar-refractivity contribution is 0.171. The highest BCUT2D eigenvalue weighted by molar-refractivity contribution is 5.51. The van der Waals surface area contributed by atoms with Crippen molar-refractivity contribution in [3.05, 3.63) is 29.8 Å². The van der Waals surface area contributed by atoms with Crippen molar-refractivity contribution in [1.29, 1.82) is 0 Å². The lowest BCUT2D eigenvalue weighted by atomic mass is 10.0. The molecule has 0 aromatic heterocycles. The third-order valence-corrected chi connectivity index (χ3v) is 3.80. The number of nitrogens with one attached hydrogen (secondary N) is 1. The van der Waals surface area contributed by atoms with E-state index in [1.165, 1.54) is 11.3 Å². The highest BCUT2D eigenvalue weighted by Crippen LogP contribution is 2.20. The summed E-state index contributed by atoms with van der Waals surface area (Å²) in [4.78, 5) is 2.43. The van der Waals surface area contributed by atoms with Crippen LogP contribution in [0.2, 0.25) is 0 Å². The van der Waals surface area contributed by atoms with E-state index in [2.05, 4.69) is 62.2 Å². The standard InChI is InChI=1S/C17H30N2O/c1-6-19(7-2)12-15-10-8-9-11-16(15)18-17(13-20-5)14(3)4/h8-11,14,17-18H,6-7,12-13H2,1-5H3. The van der Waals surface area contributed by atoms with Crippen LogP contribution in [0.1, 0.15) is 33.3 Å². The predicted molar refractivity (Wildman–Crippen MR) is 87.2 cm³/mol. The molecule has 0 spiro atoms. The molecule has 0 heterocycles. The van der Waals surface area contributed by atoms with E-state index in [1.54, 1.807) is 7.11 Å². The maximum atomic E-state index is 5.33. The summed E-state index contributed by atoms with van der Waals surface area (Å²) < 4.78 is 5.33. The topological polar surface area (TPSA) is 24.5 Å². The summed E-state index contributed by atoms with van der Waals surface area (Å²) in [5.41, 5.74) is 2.59. The van der Waals surface area contributed by atoms with Crippen molar-refractivity contribution in [2.45, 2.75) is 40.3 Å². The normalized spacial score (nSPS) is 12.9. The Kier molecular flexibility index (Phi) is 7.63. The maximum Gasteiger partial charge on any atom is 0.0666 e. The fraction of sp³-hybridized carbons (Fsp3) is 0.647. The molecule has 0 saturated carbocycles. The van der Waals surface area contributed by atoms with Crippen molar-refractivity contribution in [2.24, 2.45) is 5.92 Å². The molecule has 1 N–H and O–H groups in total. The Bertz CT molecular complexity index is 375. The first-order valence-corrected chi connectivity index (χ1v) is 7.68. The van der Waals surface area contributed by atoms with E-state index in [0.717, 1.165) is 26.2 Å². The first-order valence-electron chi connectivity index (χ1n) is 7.68. The summed E-state index contributed by atoms with van der Waals surface area (Å²) in [5.74, 6) is 0.538. The Morgan fingerprint density at radius 2 is 1.80 bits per heavy atom. The van der Waals surface area contributed by atoms with Crippen LogP contribution in [0.3, 0.4) is 0 Å². The van der Waals surface area contributed by atoms with Gasteiger partial charge in [-0.05, 0) is 30.6 Å². The van der Waals surface area contributed by atoms with Crippen molar-refractivity contribution in [2.75, 3.05) is 32.1 Å². The number of anilines is 1. The van der Waals surface area contributed by atoms with Gasteiger partial charge in [0.25, 0.3) is 0 Å². The number of rotatable bonds is 9. The van der Waals surface area contributed by atoms with Gasteiger partial charge in [-0.2, -0.15) is 0 Å². The number of benzene rings is 1. The molecule has 0 aliphatic heterocycles. The van der Waals surface area contributed by atoms with Gasteiger partial charge < -0.3 is 10.1 Å². The molecule has 0 aliphatic carbocycles. The van der Waals surface area contributed by atoms with Crippen molar-refractivity contribution in [1.82, 2.24) is 4.90 Å². The third-order valence-electron chi connectivity index (χ3n) is 3.80. The average molecular weight is 278 g/mol. The van der Waals surface area contributed by atoms with E-state index in [0.29, 0.717) is 12.0 Å². The number of ether oxygens (including phenoxy) is 1. The van der Waals surface area contributed by atoms with E-state index in [4.69, 9.17) is 4.74 Å². The second-order valence-electron chi connectivity index (χ2n) is 5.57. The molecule has 1 atom stereocenters. The highest BCUT2D eigenvalue weighted by Gasteiger charge is 2.15. The Morgan fingerprint density at radius 1 is 1.15 bits per heavy atom. The molecule has 0 bridgehead atoms. The minimum atomic E-state index is 0.345. The summed E-state index contributed by atoms with van der Waals surface area (Å²) in [5, 5.41) is 3.65. The van der Waals surface area contributed by atoms with E-state index in [-0.39, 0.29) is 0 Å². The molecule has 114 valence electrons. The largest absolute Gasteiger partial charge is 0.383 e. The molecule has 1 aromatic rings. The fourth-order valence-corrected chi connectivity index (χ4v) is 2.27. The molecular formula is C17H30N2O. The van der Waals surface area contributed by atoms with E-state index >= 15 is 0 Å². The van der Waals surface area contributed by atoms with Crippen LogP contribution in [0, 0.1) is 5.92 Å². The van der Waals surface area contributed by atoms with Crippen LogP contribution in [0.4, 0.5) is 5.69 Å². The van der Waals surface area contributed by atoms with Crippen molar-refractivity contribution in [3.8, 4) is 0 Å². The molecule has 20 heavy (non-hydrogen) atoms. The minimum Gasteiger partial charge on any atom is -0.383 e. The van der Waals surface area contributed by atoms with E-state index in [1.807, 2.05) is 0 Å². The van der Waals surface area contributed by atoms with Crippen LogP contribution in [0.25, 0.3) is 0 Å². The molecule has 1 aromatic carbocycles. The molecule has 0 fully saturated rings. The number of hydrogen-bond donors (Lipinski definition) is 1. The molecule has 0 amide bonds. The first kappa shape index (κ1) is 17.0. The van der Waals surface area contributed by atoms with Crippen LogP contribution < -0.4 is 5.32 Å². The van der Waals surface area contributed by atoms with Crippen LogP contribution >= 0.6 is 0 Å². The smallest absolute Gasteiger partial charge is 0.0666 e. The summed E-state index contributed by atoms with van der Waals surface area (Å²) in [6, 6.07) is 8.94. The minimum absolute atomic E-state index is 0.345. The average Bonchev–Trinajstić information content (AvgIpc) is 2.45. The zero-order valence-electron chi connectivity index (χ0n) is 13.6. The Morgan fingerprint density at radius 3 is 2.35 bits per heavy atom. The van der Waals surface area contributed by atoms with Crippen molar-refractivity contribution in [3.63, 3.8) is 0 Å². The first-order chi connectivity index (χ1) is 9.62. The monoisotopic (exact) mass is 278 g/mol. The van der Waals surface area contributed by atoms with Gasteiger partial charge in [-0.1, -0.05) is 45.9 Å². The Labute approximate surface area is 124 Å². The lowest BCUT2D eigenvalue weighted by Crippen LogP contribution is -2.31. The van der Waals surface area contributed by atoms with E-state index in [9.17, 15) is 0 Å². The zero-order chi connectivity index (χ0) is 15.0. The van der Waals surface area contributed by atoms with Gasteiger partial charge in [0.05, 0.1) is 12.6 Å². The third kappa shape index (κ3) is 5.14. The van der Waals surface area contributed by atoms with Gasteiger partial charge in [0, 0.05) is 19.3 Å². The Balaban J connectivity index is 2.83. The molecular weight excluding hydrogens is 248 g/mol. The van der Waals surface area contributed by atoms with Gasteiger partial charge in [-0.3, -0.25) is 4.90 Å². The van der Waals surface area contributed by atoms with Gasteiger partial charge in [0.2, 0.25) is 0 Å². The maximum absolute atomic E-state index is 5.33. The highest BCUT2D eigenvalue weighted by atomic mass is 16.5.